The highest BCUT2D eigenvalue weighted by Crippen LogP contribution is 2.45. The van der Waals surface area contributed by atoms with Gasteiger partial charge >= 0.3 is 11.9 Å². The second-order valence-electron chi connectivity index (χ2n) is 9.66. The Hall–Kier alpha value is -5.14. The molecule has 14 heteroatoms. The number of carbonyl (C=O) groups is 1. The number of aryl methyl sites for hydroxylation is 1. The summed E-state index contributed by atoms with van der Waals surface area (Å²) in [5.74, 6) is -0.278. The minimum absolute atomic E-state index is 0.0534. The molecule has 41 heavy (non-hydrogen) atoms. The van der Waals surface area contributed by atoms with Crippen LogP contribution in [0.4, 0.5) is 19.0 Å². The lowest BCUT2D eigenvalue weighted by atomic mass is 10.1. The smallest absolute Gasteiger partial charge is 0.309 e. The zero-order valence-corrected chi connectivity index (χ0v) is 21.5. The van der Waals surface area contributed by atoms with E-state index in [-0.39, 0.29) is 23.5 Å². The molecule has 1 fully saturated rings. The number of halogens is 3. The Kier molecular flexibility index (Phi) is 6.05. The lowest BCUT2D eigenvalue weighted by Gasteiger charge is -2.18. The lowest BCUT2D eigenvalue weighted by molar-refractivity contribution is -0.141. The maximum absolute atomic E-state index is 13.6. The van der Waals surface area contributed by atoms with Crippen molar-refractivity contribution >= 4 is 22.9 Å². The lowest BCUT2D eigenvalue weighted by Crippen LogP contribution is -2.41. The average Bonchev–Trinajstić information content (AvgIpc) is 3.66. The van der Waals surface area contributed by atoms with E-state index >= 15 is 0 Å². The third-order valence-corrected chi connectivity index (χ3v) is 7.03. The monoisotopic (exact) mass is 562 g/mol. The van der Waals surface area contributed by atoms with E-state index in [0.717, 1.165) is 16.8 Å². The fraction of sp³-hybridized carbons (Fsp3) is 0.222. The fourth-order valence-corrected chi connectivity index (χ4v) is 4.69. The van der Waals surface area contributed by atoms with Gasteiger partial charge in [-0.2, -0.15) is 13.2 Å². The number of alkyl halides is 3. The number of rotatable bonds is 6. The normalized spacial score (nSPS) is 14.2. The second kappa shape index (κ2) is 9.50. The van der Waals surface area contributed by atoms with Crippen LogP contribution in [0.3, 0.4) is 0 Å². The summed E-state index contributed by atoms with van der Waals surface area (Å²) in [4.78, 5) is 56.4. The molecule has 208 valence electrons. The van der Waals surface area contributed by atoms with Crippen LogP contribution in [-0.2, 0) is 30.1 Å². The SMILES string of the molecule is Cn1c(=O)n(Cc2ccccn2)c(=O)c2c1ncn2C1(C(=O)Nc2cccc(-c3ccc(C(F)(F)F)nc3)n2)CC1. The summed E-state index contributed by atoms with van der Waals surface area (Å²) in [5.41, 5.74) is -1.90. The van der Waals surface area contributed by atoms with Crippen LogP contribution in [0, 0.1) is 0 Å². The van der Waals surface area contributed by atoms with Crippen molar-refractivity contribution in [2.24, 2.45) is 7.05 Å². The van der Waals surface area contributed by atoms with Gasteiger partial charge in [-0.05, 0) is 49.2 Å². The Morgan fingerprint density at radius 2 is 1.83 bits per heavy atom. The minimum atomic E-state index is -4.56. The van der Waals surface area contributed by atoms with Crippen LogP contribution in [0.15, 0.2) is 76.8 Å². The van der Waals surface area contributed by atoms with Crippen molar-refractivity contribution in [3.05, 3.63) is 99.5 Å². The van der Waals surface area contributed by atoms with Crippen molar-refractivity contribution < 1.29 is 18.0 Å². The van der Waals surface area contributed by atoms with Gasteiger partial charge in [0.25, 0.3) is 11.5 Å². The van der Waals surface area contributed by atoms with Gasteiger partial charge in [-0.1, -0.05) is 12.1 Å². The van der Waals surface area contributed by atoms with Gasteiger partial charge in [-0.3, -0.25) is 28.7 Å². The number of hydrogen-bond acceptors (Lipinski definition) is 7. The number of carbonyl (C=O) groups excluding carboxylic acids is 1. The van der Waals surface area contributed by atoms with E-state index in [1.807, 2.05) is 0 Å². The largest absolute Gasteiger partial charge is 0.433 e. The maximum atomic E-state index is 13.6. The molecule has 1 saturated carbocycles. The molecule has 0 radical (unpaired) electrons. The molecule has 1 aliphatic rings. The van der Waals surface area contributed by atoms with Crippen molar-refractivity contribution in [3.8, 4) is 11.3 Å². The van der Waals surface area contributed by atoms with E-state index in [1.165, 1.54) is 28.6 Å². The van der Waals surface area contributed by atoms with Gasteiger partial charge < -0.3 is 9.88 Å². The van der Waals surface area contributed by atoms with Gasteiger partial charge in [-0.25, -0.2) is 14.8 Å². The quantitative estimate of drug-likeness (QED) is 0.337. The molecule has 1 N–H and O–H groups in total. The Balaban J connectivity index is 1.32. The molecule has 0 saturated heterocycles. The first-order valence-electron chi connectivity index (χ1n) is 12.5. The van der Waals surface area contributed by atoms with Crippen LogP contribution in [0.2, 0.25) is 0 Å². The third kappa shape index (κ3) is 4.56. The summed E-state index contributed by atoms with van der Waals surface area (Å²) in [5, 5.41) is 2.76. The highest BCUT2D eigenvalue weighted by molar-refractivity contribution is 5.99. The molecule has 0 spiro atoms. The molecule has 0 aromatic carbocycles. The Bertz CT molecular complexity index is 1910. The molecule has 11 nitrogen and oxygen atoms in total. The zero-order valence-electron chi connectivity index (χ0n) is 21.5. The summed E-state index contributed by atoms with van der Waals surface area (Å²) < 4.78 is 42.4. The Labute approximate surface area is 229 Å². The molecule has 1 amide bonds. The fourth-order valence-electron chi connectivity index (χ4n) is 4.69. The zero-order chi connectivity index (χ0) is 28.9. The molecule has 0 atom stereocenters. The number of hydrogen-bond donors (Lipinski definition) is 1. The summed E-state index contributed by atoms with van der Waals surface area (Å²) in [6.07, 6.45) is 0.267. The molecule has 0 aliphatic heterocycles. The Morgan fingerprint density at radius 3 is 2.49 bits per heavy atom. The van der Waals surface area contributed by atoms with E-state index in [2.05, 4.69) is 25.3 Å². The van der Waals surface area contributed by atoms with Crippen molar-refractivity contribution in [2.75, 3.05) is 5.32 Å². The molecule has 5 heterocycles. The second-order valence-corrected chi connectivity index (χ2v) is 9.66. The van der Waals surface area contributed by atoms with Crippen LogP contribution in [0.25, 0.3) is 22.4 Å². The standard InChI is InChI=1S/C27H21F3N8O3/c1-36-22-21(23(39)37(25(36)41)14-17-5-2-3-12-31-17)38(15-33-22)26(10-11-26)24(40)35-20-7-4-6-18(34-20)16-8-9-19(32-13-16)27(28,29)30/h2-9,12-13,15H,10-11,14H2,1H3,(H,34,35,40). The number of amides is 1. The minimum Gasteiger partial charge on any atom is -0.309 e. The molecule has 0 bridgehead atoms. The van der Waals surface area contributed by atoms with Gasteiger partial charge in [0, 0.05) is 25.0 Å². The van der Waals surface area contributed by atoms with Crippen molar-refractivity contribution in [1.82, 2.24) is 33.6 Å². The highest BCUT2D eigenvalue weighted by atomic mass is 19.4. The first-order chi connectivity index (χ1) is 19.6. The van der Waals surface area contributed by atoms with Crippen LogP contribution in [0.5, 0.6) is 0 Å². The van der Waals surface area contributed by atoms with Crippen molar-refractivity contribution in [1.29, 1.82) is 0 Å². The number of nitrogens with one attached hydrogen (secondary N) is 1. The molecule has 0 unspecified atom stereocenters. The number of anilines is 1. The number of aromatic nitrogens is 7. The van der Waals surface area contributed by atoms with Crippen LogP contribution < -0.4 is 16.6 Å². The van der Waals surface area contributed by atoms with E-state index in [9.17, 15) is 27.6 Å². The first kappa shape index (κ1) is 26.1. The maximum Gasteiger partial charge on any atom is 0.433 e. The van der Waals surface area contributed by atoms with Crippen LogP contribution in [0.1, 0.15) is 24.2 Å². The molecule has 1 aliphatic carbocycles. The third-order valence-electron chi connectivity index (χ3n) is 7.03. The van der Waals surface area contributed by atoms with Crippen molar-refractivity contribution in [2.45, 2.75) is 31.1 Å². The molecule has 5 aromatic heterocycles. The first-order valence-corrected chi connectivity index (χ1v) is 12.5. The molecule has 6 rings (SSSR count). The summed E-state index contributed by atoms with van der Waals surface area (Å²) in [6.45, 7) is -0.0534. The van der Waals surface area contributed by atoms with Gasteiger partial charge in [-0.15, -0.1) is 0 Å². The number of pyridine rings is 3. The predicted octanol–water partition coefficient (Wildman–Crippen LogP) is 2.94. The summed E-state index contributed by atoms with van der Waals surface area (Å²) in [7, 11) is 1.50. The number of nitrogens with zero attached hydrogens (tertiary/aromatic N) is 7. The highest BCUT2D eigenvalue weighted by Gasteiger charge is 2.53. The predicted molar refractivity (Wildman–Crippen MR) is 141 cm³/mol. The van der Waals surface area contributed by atoms with Crippen LogP contribution >= 0.6 is 0 Å². The van der Waals surface area contributed by atoms with Crippen molar-refractivity contribution in [3.63, 3.8) is 0 Å². The van der Waals surface area contributed by atoms with E-state index in [4.69, 9.17) is 0 Å². The molecule has 5 aromatic rings. The summed E-state index contributed by atoms with van der Waals surface area (Å²) >= 11 is 0. The average molecular weight is 563 g/mol. The molecular weight excluding hydrogens is 541 g/mol. The van der Waals surface area contributed by atoms with E-state index in [1.54, 1.807) is 42.6 Å². The van der Waals surface area contributed by atoms with Gasteiger partial charge in [0.15, 0.2) is 11.2 Å². The van der Waals surface area contributed by atoms with Gasteiger partial charge in [0.2, 0.25) is 0 Å². The molecular formula is C27H21F3N8O3. The Morgan fingerprint density at radius 1 is 1.02 bits per heavy atom. The van der Waals surface area contributed by atoms with E-state index in [0.29, 0.717) is 29.8 Å². The number of fused-ring (bicyclic) bond motifs is 1. The topological polar surface area (TPSA) is 130 Å². The van der Waals surface area contributed by atoms with Crippen LogP contribution in [-0.4, -0.2) is 39.5 Å². The number of imidazole rings is 1. The van der Waals surface area contributed by atoms with E-state index < -0.39 is 34.6 Å². The van der Waals surface area contributed by atoms with Gasteiger partial charge in [0.05, 0.1) is 24.3 Å². The summed E-state index contributed by atoms with van der Waals surface area (Å²) in [6, 6.07) is 12.0. The van der Waals surface area contributed by atoms with Gasteiger partial charge in [0.1, 0.15) is 17.1 Å².